The van der Waals surface area contributed by atoms with Crippen LogP contribution in [0.2, 0.25) is 0 Å². The maximum atomic E-state index is 10.9. The van der Waals surface area contributed by atoms with Gasteiger partial charge >= 0.3 is 12.1 Å². The molecule has 1 rings (SSSR count). The van der Waals surface area contributed by atoms with Crippen LogP contribution < -0.4 is 5.32 Å². The van der Waals surface area contributed by atoms with E-state index in [1.807, 2.05) is 20.8 Å². The van der Waals surface area contributed by atoms with Crippen molar-refractivity contribution in [1.82, 2.24) is 5.32 Å². The zero-order valence-corrected chi connectivity index (χ0v) is 6.80. The molecule has 11 heavy (non-hydrogen) atoms. The fraction of sp³-hybridized carbons (Fsp3) is 0.714. The Balaban J connectivity index is 2.76. The first kappa shape index (κ1) is 8.04. The molecule has 0 aromatic rings. The van der Waals surface area contributed by atoms with E-state index in [1.54, 1.807) is 0 Å². The first-order valence-corrected chi connectivity index (χ1v) is 3.43. The van der Waals surface area contributed by atoms with Gasteiger partial charge in [0, 0.05) is 0 Å². The number of ether oxygens (including phenoxy) is 1. The summed E-state index contributed by atoms with van der Waals surface area (Å²) in [5.41, 5.74) is -0.275. The van der Waals surface area contributed by atoms with Crippen LogP contribution in [0.4, 0.5) is 4.79 Å². The monoisotopic (exact) mass is 157 g/mol. The van der Waals surface area contributed by atoms with E-state index in [0.717, 1.165) is 0 Å². The Morgan fingerprint density at radius 3 is 2.09 bits per heavy atom. The van der Waals surface area contributed by atoms with Gasteiger partial charge in [-0.2, -0.15) is 0 Å². The topological polar surface area (TPSA) is 55.4 Å². The van der Waals surface area contributed by atoms with Crippen LogP contribution in [0.3, 0.4) is 0 Å². The van der Waals surface area contributed by atoms with E-state index < -0.39 is 18.1 Å². The highest BCUT2D eigenvalue weighted by Gasteiger charge is 2.40. The lowest BCUT2D eigenvalue weighted by Crippen LogP contribution is -2.40. The van der Waals surface area contributed by atoms with Gasteiger partial charge in [0.05, 0.1) is 0 Å². The van der Waals surface area contributed by atoms with Gasteiger partial charge in [-0.05, 0) is 5.41 Å². The van der Waals surface area contributed by atoms with Crippen molar-refractivity contribution in [2.75, 3.05) is 0 Å². The van der Waals surface area contributed by atoms with Crippen LogP contribution in [0.1, 0.15) is 20.8 Å². The Bertz CT molecular complexity index is 204. The van der Waals surface area contributed by atoms with Gasteiger partial charge in [-0.1, -0.05) is 20.8 Å². The summed E-state index contributed by atoms with van der Waals surface area (Å²) in [5, 5.41) is 2.43. The predicted octanol–water partition coefficient (Wildman–Crippen LogP) is 0.667. The zero-order chi connectivity index (χ0) is 8.65. The largest absolute Gasteiger partial charge is 0.415 e. The molecule has 0 unspecified atom stereocenters. The molecule has 1 aliphatic rings. The lowest BCUT2D eigenvalue weighted by molar-refractivity contribution is -0.137. The van der Waals surface area contributed by atoms with Crippen LogP contribution in [-0.2, 0) is 9.53 Å². The molecule has 0 bridgehead atoms. The number of nitrogens with one attached hydrogen (secondary N) is 1. The van der Waals surface area contributed by atoms with Crippen molar-refractivity contribution in [2.45, 2.75) is 26.8 Å². The average molecular weight is 157 g/mol. The highest BCUT2D eigenvalue weighted by atomic mass is 16.6. The predicted molar refractivity (Wildman–Crippen MR) is 37.9 cm³/mol. The molecular formula is C7H11NO3. The molecule has 1 saturated heterocycles. The molecule has 1 N–H and O–H groups in total. The van der Waals surface area contributed by atoms with Crippen molar-refractivity contribution in [3.05, 3.63) is 0 Å². The van der Waals surface area contributed by atoms with Gasteiger partial charge in [0.25, 0.3) is 0 Å². The molecule has 4 heteroatoms. The second-order valence-electron chi connectivity index (χ2n) is 3.65. The van der Waals surface area contributed by atoms with Crippen molar-refractivity contribution in [1.29, 1.82) is 0 Å². The van der Waals surface area contributed by atoms with Crippen LogP contribution in [0.5, 0.6) is 0 Å². The number of amides is 1. The normalized spacial score (nSPS) is 24.8. The summed E-state index contributed by atoms with van der Waals surface area (Å²) in [4.78, 5) is 21.5. The number of carbonyl (C=O) groups excluding carboxylic acids is 2. The number of cyclic esters (lactones) is 2. The Morgan fingerprint density at radius 2 is 1.91 bits per heavy atom. The summed E-state index contributed by atoms with van der Waals surface area (Å²) in [6.45, 7) is 5.60. The lowest BCUT2D eigenvalue weighted by atomic mass is 9.87. The molecule has 1 atom stereocenters. The average Bonchev–Trinajstić information content (AvgIpc) is 2.08. The van der Waals surface area contributed by atoms with Gasteiger partial charge in [0.2, 0.25) is 0 Å². The van der Waals surface area contributed by atoms with Gasteiger partial charge in [-0.15, -0.1) is 0 Å². The molecule has 1 fully saturated rings. The van der Waals surface area contributed by atoms with E-state index in [4.69, 9.17) is 0 Å². The summed E-state index contributed by atoms with van der Waals surface area (Å²) in [6.07, 6.45) is -0.644. The number of hydrogen-bond donors (Lipinski definition) is 1. The highest BCUT2D eigenvalue weighted by Crippen LogP contribution is 2.23. The number of hydrogen-bond acceptors (Lipinski definition) is 3. The minimum Gasteiger partial charge on any atom is -0.375 e. The van der Waals surface area contributed by atoms with Crippen LogP contribution >= 0.6 is 0 Å². The van der Waals surface area contributed by atoms with E-state index in [9.17, 15) is 9.59 Å². The summed E-state index contributed by atoms with van der Waals surface area (Å²) in [5.74, 6) is -0.484. The maximum absolute atomic E-state index is 10.9. The van der Waals surface area contributed by atoms with E-state index in [1.165, 1.54) is 0 Å². The SMILES string of the molecule is CC(C)(C)[C@H]1NC(=O)OC1=O. The molecule has 0 spiro atoms. The standard InChI is InChI=1S/C7H11NO3/c1-7(2,3)4-5(9)11-6(10)8-4/h4H,1-3H3,(H,8,10)/t4-/m0/s1. The third kappa shape index (κ3) is 1.50. The van der Waals surface area contributed by atoms with E-state index in [2.05, 4.69) is 10.1 Å². The van der Waals surface area contributed by atoms with Gasteiger partial charge < -0.3 is 10.1 Å². The maximum Gasteiger partial charge on any atom is 0.415 e. The molecule has 0 aliphatic carbocycles. The van der Waals surface area contributed by atoms with Gasteiger partial charge in [0.15, 0.2) is 0 Å². The van der Waals surface area contributed by atoms with Crippen LogP contribution in [0, 0.1) is 5.41 Å². The van der Waals surface area contributed by atoms with Crippen molar-refractivity contribution in [3.8, 4) is 0 Å². The third-order valence-corrected chi connectivity index (χ3v) is 1.56. The number of alkyl carbamates (subject to hydrolysis) is 1. The number of esters is 1. The minimum absolute atomic E-state index is 0.275. The van der Waals surface area contributed by atoms with Crippen LogP contribution in [0.25, 0.3) is 0 Å². The molecule has 62 valence electrons. The molecular weight excluding hydrogens is 146 g/mol. The Hall–Kier alpha value is -1.06. The second kappa shape index (κ2) is 2.22. The van der Waals surface area contributed by atoms with Crippen molar-refractivity contribution < 1.29 is 14.3 Å². The van der Waals surface area contributed by atoms with Crippen molar-refractivity contribution in [3.63, 3.8) is 0 Å². The van der Waals surface area contributed by atoms with E-state index in [-0.39, 0.29) is 5.41 Å². The first-order valence-electron chi connectivity index (χ1n) is 3.43. The fourth-order valence-corrected chi connectivity index (χ4v) is 0.927. The second-order valence-corrected chi connectivity index (χ2v) is 3.65. The first-order chi connectivity index (χ1) is 4.91. The molecule has 1 heterocycles. The fourth-order valence-electron chi connectivity index (χ4n) is 0.927. The molecule has 0 aromatic heterocycles. The summed E-state index contributed by atoms with van der Waals surface area (Å²) in [7, 11) is 0. The Morgan fingerprint density at radius 1 is 1.36 bits per heavy atom. The third-order valence-electron chi connectivity index (χ3n) is 1.56. The Labute approximate surface area is 64.9 Å². The lowest BCUT2D eigenvalue weighted by Gasteiger charge is -2.22. The van der Waals surface area contributed by atoms with Crippen LogP contribution in [0.15, 0.2) is 0 Å². The van der Waals surface area contributed by atoms with Crippen molar-refractivity contribution >= 4 is 12.1 Å². The summed E-state index contributed by atoms with van der Waals surface area (Å²) < 4.78 is 4.31. The van der Waals surface area contributed by atoms with E-state index in [0.29, 0.717) is 0 Å². The molecule has 0 aromatic carbocycles. The van der Waals surface area contributed by atoms with Gasteiger partial charge in [-0.3, -0.25) is 0 Å². The molecule has 0 radical (unpaired) electrons. The zero-order valence-electron chi connectivity index (χ0n) is 6.80. The van der Waals surface area contributed by atoms with Crippen LogP contribution in [-0.4, -0.2) is 18.1 Å². The molecule has 4 nitrogen and oxygen atoms in total. The van der Waals surface area contributed by atoms with E-state index >= 15 is 0 Å². The molecule has 1 amide bonds. The molecule has 0 saturated carbocycles. The number of carbonyl (C=O) groups is 2. The molecule has 1 aliphatic heterocycles. The van der Waals surface area contributed by atoms with Crippen molar-refractivity contribution in [2.24, 2.45) is 5.41 Å². The summed E-state index contributed by atoms with van der Waals surface area (Å²) >= 11 is 0. The summed E-state index contributed by atoms with van der Waals surface area (Å²) in [6, 6.07) is -0.505. The number of rotatable bonds is 0. The smallest absolute Gasteiger partial charge is 0.375 e. The Kier molecular flexibility index (Phi) is 1.62. The quantitative estimate of drug-likeness (QED) is 0.415. The van der Waals surface area contributed by atoms with Gasteiger partial charge in [-0.25, -0.2) is 9.59 Å². The van der Waals surface area contributed by atoms with Gasteiger partial charge in [0.1, 0.15) is 6.04 Å². The highest BCUT2D eigenvalue weighted by molar-refractivity contribution is 5.95. The minimum atomic E-state index is -0.644.